The Kier molecular flexibility index (Phi) is 5.11. The third kappa shape index (κ3) is 2.93. The summed E-state index contributed by atoms with van der Waals surface area (Å²) in [5.41, 5.74) is 3.80. The minimum Gasteiger partial charge on any atom is -0.508 e. The first kappa shape index (κ1) is 22.8. The van der Waals surface area contributed by atoms with Gasteiger partial charge in [-0.2, -0.15) is 0 Å². The number of nitrogens with zero attached hydrogens (tertiary/aromatic N) is 2. The number of phenolic OH excluding ortho intramolecular Hbond substituents is 1. The Bertz CT molecular complexity index is 1180. The van der Waals surface area contributed by atoms with Crippen LogP contribution >= 0.6 is 0 Å². The molecule has 3 aliphatic heterocycles. The molecule has 5 nitrogen and oxygen atoms in total. The second kappa shape index (κ2) is 8.06. The van der Waals surface area contributed by atoms with Gasteiger partial charge < -0.3 is 15.3 Å². The topological polar surface area (TPSA) is 55.8 Å². The molecular formula is C31H39N3O2. The predicted octanol–water partition coefficient (Wildman–Crippen LogP) is 4.06. The number of hydrogen-bond acceptors (Lipinski definition) is 4. The highest BCUT2D eigenvalue weighted by atomic mass is 16.3. The maximum Gasteiger partial charge on any atom is 0.254 e. The van der Waals surface area contributed by atoms with E-state index in [1.54, 1.807) is 0 Å². The van der Waals surface area contributed by atoms with Crippen LogP contribution in [0.25, 0.3) is 0 Å². The minimum absolute atomic E-state index is 0.00934. The number of hydrogen-bond donors (Lipinski definition) is 2. The highest BCUT2D eigenvalue weighted by Gasteiger charge is 2.72. The Balaban J connectivity index is 1.32. The second-order valence-corrected chi connectivity index (χ2v) is 12.5. The first-order valence-corrected chi connectivity index (χ1v) is 14.1. The highest BCUT2D eigenvalue weighted by molar-refractivity contribution is 5.94. The SMILES string of the molecule is CCC1C2[C@@H](CN1C(=O)c1ccccc1)CC1(C)C3Cc4ccc(O)cc4C21CCN3CC1CNC1. The van der Waals surface area contributed by atoms with Gasteiger partial charge in [-0.15, -0.1) is 0 Å². The number of phenols is 1. The Morgan fingerprint density at radius 1 is 1.17 bits per heavy atom. The zero-order chi connectivity index (χ0) is 24.7. The average molecular weight is 486 g/mol. The lowest BCUT2D eigenvalue weighted by atomic mass is 9.48. The molecule has 190 valence electrons. The fraction of sp³-hybridized carbons (Fsp3) is 0.581. The maximum atomic E-state index is 13.7. The van der Waals surface area contributed by atoms with Crippen LogP contribution in [0.1, 0.15) is 54.6 Å². The van der Waals surface area contributed by atoms with E-state index in [-0.39, 0.29) is 22.8 Å². The standard InChI is InChI=1S/C31H39N3O2/c1-3-26-28-23(19-34(26)29(36)21-7-5-4-6-8-21)15-30(2)27-13-22-9-10-24(35)14-25(22)31(28,30)11-12-33(27)18-20-16-32-17-20/h4-10,14,20,23,26-28,32,35H,3,11-13,15-19H2,1-2H3/t23-,26?,27?,28?,30?,31?/m1/s1. The van der Waals surface area contributed by atoms with Gasteiger partial charge in [0.05, 0.1) is 0 Å². The number of carbonyl (C=O) groups is 1. The molecule has 36 heavy (non-hydrogen) atoms. The molecule has 7 rings (SSSR count). The number of carbonyl (C=O) groups excluding carboxylic acids is 1. The summed E-state index contributed by atoms with van der Waals surface area (Å²) in [6.45, 7) is 10.3. The van der Waals surface area contributed by atoms with Crippen LogP contribution in [-0.2, 0) is 11.8 Å². The number of benzene rings is 2. The van der Waals surface area contributed by atoms with Crippen molar-refractivity contribution in [2.75, 3.05) is 32.7 Å². The van der Waals surface area contributed by atoms with Gasteiger partial charge in [0.25, 0.3) is 5.91 Å². The Hall–Kier alpha value is -2.37. The van der Waals surface area contributed by atoms with E-state index in [0.717, 1.165) is 56.9 Å². The molecule has 6 atom stereocenters. The monoisotopic (exact) mass is 485 g/mol. The summed E-state index contributed by atoms with van der Waals surface area (Å²) in [6.07, 6.45) is 4.36. The molecule has 1 amide bonds. The van der Waals surface area contributed by atoms with Crippen LogP contribution < -0.4 is 5.32 Å². The van der Waals surface area contributed by atoms with E-state index in [1.165, 1.54) is 24.1 Å². The molecule has 3 saturated heterocycles. The Morgan fingerprint density at radius 2 is 1.97 bits per heavy atom. The quantitative estimate of drug-likeness (QED) is 0.686. The van der Waals surface area contributed by atoms with Crippen molar-refractivity contribution in [3.8, 4) is 5.75 Å². The van der Waals surface area contributed by atoms with Crippen LogP contribution in [0, 0.1) is 23.2 Å². The molecule has 2 N–H and O–H groups in total. The summed E-state index contributed by atoms with van der Waals surface area (Å²) in [7, 11) is 0. The van der Waals surface area contributed by atoms with E-state index in [0.29, 0.717) is 23.6 Å². The molecule has 2 aromatic carbocycles. The number of piperidine rings is 1. The molecule has 5 aliphatic rings. The van der Waals surface area contributed by atoms with E-state index in [9.17, 15) is 9.90 Å². The lowest BCUT2D eigenvalue weighted by Gasteiger charge is -2.63. The number of rotatable bonds is 4. The van der Waals surface area contributed by atoms with E-state index >= 15 is 0 Å². The Labute approximate surface area is 214 Å². The van der Waals surface area contributed by atoms with Crippen molar-refractivity contribution in [3.63, 3.8) is 0 Å². The van der Waals surface area contributed by atoms with Crippen molar-refractivity contribution in [1.29, 1.82) is 0 Å². The van der Waals surface area contributed by atoms with E-state index in [4.69, 9.17) is 0 Å². The van der Waals surface area contributed by atoms with Gasteiger partial charge in [0.15, 0.2) is 0 Å². The van der Waals surface area contributed by atoms with Crippen molar-refractivity contribution < 1.29 is 9.90 Å². The smallest absolute Gasteiger partial charge is 0.254 e. The average Bonchev–Trinajstić information content (AvgIpc) is 3.34. The molecule has 1 saturated carbocycles. The summed E-state index contributed by atoms with van der Waals surface area (Å²) < 4.78 is 0. The predicted molar refractivity (Wildman–Crippen MR) is 141 cm³/mol. The molecule has 2 aromatic rings. The van der Waals surface area contributed by atoms with Crippen molar-refractivity contribution in [1.82, 2.24) is 15.1 Å². The van der Waals surface area contributed by atoms with Crippen molar-refractivity contribution in [2.45, 2.75) is 57.0 Å². The maximum absolute atomic E-state index is 13.7. The van der Waals surface area contributed by atoms with Crippen LogP contribution in [0.4, 0.5) is 0 Å². The molecular weight excluding hydrogens is 446 g/mol. The van der Waals surface area contributed by atoms with Gasteiger partial charge in [-0.25, -0.2) is 0 Å². The van der Waals surface area contributed by atoms with Crippen LogP contribution in [0.5, 0.6) is 5.75 Å². The number of fused-ring (bicyclic) bond motifs is 2. The lowest BCUT2D eigenvalue weighted by Crippen LogP contribution is -2.67. The first-order chi connectivity index (χ1) is 17.5. The molecule has 2 bridgehead atoms. The van der Waals surface area contributed by atoms with Gasteiger partial charge in [0.1, 0.15) is 5.75 Å². The largest absolute Gasteiger partial charge is 0.508 e. The van der Waals surface area contributed by atoms with Crippen molar-refractivity contribution in [3.05, 3.63) is 65.2 Å². The molecule has 3 heterocycles. The minimum atomic E-state index is 0.00934. The molecule has 5 heteroatoms. The molecule has 0 aromatic heterocycles. The van der Waals surface area contributed by atoms with Gasteiger partial charge >= 0.3 is 0 Å². The molecule has 2 aliphatic carbocycles. The number of amides is 1. The van der Waals surface area contributed by atoms with Crippen LogP contribution in [0.15, 0.2) is 48.5 Å². The van der Waals surface area contributed by atoms with Gasteiger partial charge in [-0.1, -0.05) is 38.1 Å². The van der Waals surface area contributed by atoms with Crippen molar-refractivity contribution >= 4 is 5.91 Å². The number of aromatic hydroxyl groups is 1. The summed E-state index contributed by atoms with van der Waals surface area (Å²) in [6, 6.07) is 16.8. The molecule has 5 unspecified atom stereocenters. The summed E-state index contributed by atoms with van der Waals surface area (Å²) in [5, 5.41) is 14.1. The number of nitrogens with one attached hydrogen (secondary N) is 1. The second-order valence-electron chi connectivity index (χ2n) is 12.5. The summed E-state index contributed by atoms with van der Waals surface area (Å²) in [4.78, 5) is 18.8. The summed E-state index contributed by atoms with van der Waals surface area (Å²) >= 11 is 0. The number of likely N-dealkylation sites (tertiary alicyclic amines) is 2. The molecule has 4 fully saturated rings. The fourth-order valence-electron chi connectivity index (χ4n) is 9.63. The van der Waals surface area contributed by atoms with Crippen LogP contribution in [0.2, 0.25) is 0 Å². The van der Waals surface area contributed by atoms with Gasteiger partial charge in [0, 0.05) is 49.2 Å². The first-order valence-electron chi connectivity index (χ1n) is 14.1. The van der Waals surface area contributed by atoms with Gasteiger partial charge in [-0.05, 0) is 90.8 Å². The third-order valence-electron chi connectivity index (χ3n) is 11.0. The highest BCUT2D eigenvalue weighted by Crippen LogP contribution is 2.71. The van der Waals surface area contributed by atoms with Gasteiger partial charge in [0.2, 0.25) is 0 Å². The summed E-state index contributed by atoms with van der Waals surface area (Å²) in [5.74, 6) is 2.29. The zero-order valence-electron chi connectivity index (χ0n) is 21.6. The van der Waals surface area contributed by atoms with Gasteiger partial charge in [-0.3, -0.25) is 9.69 Å². The third-order valence-corrected chi connectivity index (χ3v) is 11.0. The van der Waals surface area contributed by atoms with Crippen LogP contribution in [-0.4, -0.2) is 65.6 Å². The van der Waals surface area contributed by atoms with E-state index < -0.39 is 0 Å². The normalized spacial score (nSPS) is 37.2. The zero-order valence-corrected chi connectivity index (χ0v) is 21.6. The molecule has 0 spiro atoms. The Morgan fingerprint density at radius 3 is 2.69 bits per heavy atom. The lowest BCUT2D eigenvalue weighted by molar-refractivity contribution is -0.0686. The van der Waals surface area contributed by atoms with Crippen LogP contribution in [0.3, 0.4) is 0 Å². The van der Waals surface area contributed by atoms with E-state index in [2.05, 4.69) is 41.1 Å². The fourth-order valence-corrected chi connectivity index (χ4v) is 9.63. The van der Waals surface area contributed by atoms with Crippen molar-refractivity contribution in [2.24, 2.45) is 23.2 Å². The molecule has 0 radical (unpaired) electrons. The van der Waals surface area contributed by atoms with E-state index in [1.807, 2.05) is 36.4 Å².